The smallest absolute Gasteiger partial charge is 0.243 e. The van der Waals surface area contributed by atoms with E-state index in [0.717, 1.165) is 10.7 Å². The molecule has 1 aromatic rings. The lowest BCUT2D eigenvalue weighted by molar-refractivity contribution is -0.121. The quantitative estimate of drug-likeness (QED) is 0.777. The number of halogens is 1. The number of carbonyl (C=O) groups is 1. The number of amides is 1. The zero-order valence-electron chi connectivity index (χ0n) is 12.1. The van der Waals surface area contributed by atoms with Crippen LogP contribution in [-0.2, 0) is 21.4 Å². The van der Waals surface area contributed by atoms with Gasteiger partial charge in [0.2, 0.25) is 15.9 Å². The van der Waals surface area contributed by atoms with Crippen LogP contribution >= 0.6 is 11.6 Å². The molecular formula is C13H20ClN3O3S. The van der Waals surface area contributed by atoms with E-state index in [0.29, 0.717) is 17.1 Å². The minimum absolute atomic E-state index is 0.0375. The molecule has 0 atom stereocenters. The molecular weight excluding hydrogens is 314 g/mol. The topological polar surface area (TPSA) is 92.5 Å². The highest BCUT2D eigenvalue weighted by Gasteiger charge is 2.23. The van der Waals surface area contributed by atoms with Gasteiger partial charge in [0.25, 0.3) is 0 Å². The maximum atomic E-state index is 12.3. The zero-order chi connectivity index (χ0) is 16.0. The van der Waals surface area contributed by atoms with Crippen molar-refractivity contribution >= 4 is 27.5 Å². The lowest BCUT2D eigenvalue weighted by Crippen LogP contribution is -2.38. The Hall–Kier alpha value is -1.15. The van der Waals surface area contributed by atoms with E-state index in [1.165, 1.54) is 19.2 Å². The van der Waals surface area contributed by atoms with Crippen molar-refractivity contribution in [2.45, 2.75) is 24.8 Å². The predicted octanol–water partition coefficient (Wildman–Crippen LogP) is 0.945. The number of rotatable bonds is 7. The van der Waals surface area contributed by atoms with Gasteiger partial charge < -0.3 is 11.1 Å². The zero-order valence-corrected chi connectivity index (χ0v) is 13.7. The first-order valence-corrected chi connectivity index (χ1v) is 8.36. The Balaban J connectivity index is 2.89. The highest BCUT2D eigenvalue weighted by Crippen LogP contribution is 2.22. The molecule has 8 heteroatoms. The molecule has 0 spiro atoms. The molecule has 1 rings (SSSR count). The van der Waals surface area contributed by atoms with Gasteiger partial charge in [-0.25, -0.2) is 8.42 Å². The van der Waals surface area contributed by atoms with Crippen LogP contribution in [0.5, 0.6) is 0 Å². The summed E-state index contributed by atoms with van der Waals surface area (Å²) in [6.45, 7) is 2.43. The normalized spacial score (nSPS) is 11.7. The molecule has 3 N–H and O–H groups in total. The average molecular weight is 334 g/mol. The van der Waals surface area contributed by atoms with E-state index < -0.39 is 10.0 Å². The second-order valence-electron chi connectivity index (χ2n) is 4.57. The first kappa shape index (κ1) is 17.9. The van der Waals surface area contributed by atoms with Crippen LogP contribution in [0.2, 0.25) is 5.02 Å². The Kier molecular flexibility index (Phi) is 6.60. The van der Waals surface area contributed by atoms with Gasteiger partial charge in [0.1, 0.15) is 0 Å². The fraction of sp³-hybridized carbons (Fsp3) is 0.462. The lowest BCUT2D eigenvalue weighted by atomic mass is 10.2. The fourth-order valence-electron chi connectivity index (χ4n) is 1.64. The molecule has 0 radical (unpaired) electrons. The van der Waals surface area contributed by atoms with Crippen molar-refractivity contribution < 1.29 is 13.2 Å². The number of nitrogens with two attached hydrogens (primary N) is 1. The molecule has 0 heterocycles. The first-order valence-electron chi connectivity index (χ1n) is 6.54. The standard InChI is InChI=1S/C13H20ClN3O3S/c1-3-6-16-13(18)9-17(2)21(19,20)11-5-4-10(8-15)12(14)7-11/h4-5,7H,3,6,8-9,15H2,1-2H3,(H,16,18). The van der Waals surface area contributed by atoms with Crippen LogP contribution in [0.15, 0.2) is 23.1 Å². The van der Waals surface area contributed by atoms with Crippen molar-refractivity contribution in [2.75, 3.05) is 20.1 Å². The molecule has 0 saturated heterocycles. The van der Waals surface area contributed by atoms with Crippen molar-refractivity contribution in [3.63, 3.8) is 0 Å². The van der Waals surface area contributed by atoms with Crippen LogP contribution < -0.4 is 11.1 Å². The number of benzene rings is 1. The number of carbonyl (C=O) groups excluding carboxylic acids is 1. The van der Waals surface area contributed by atoms with Gasteiger partial charge >= 0.3 is 0 Å². The molecule has 0 saturated carbocycles. The van der Waals surface area contributed by atoms with E-state index in [1.807, 2.05) is 6.92 Å². The lowest BCUT2D eigenvalue weighted by Gasteiger charge is -2.17. The minimum Gasteiger partial charge on any atom is -0.355 e. The van der Waals surface area contributed by atoms with E-state index in [2.05, 4.69) is 5.32 Å². The predicted molar refractivity (Wildman–Crippen MR) is 82.5 cm³/mol. The molecule has 6 nitrogen and oxygen atoms in total. The minimum atomic E-state index is -3.76. The number of sulfonamides is 1. The highest BCUT2D eigenvalue weighted by atomic mass is 35.5. The Morgan fingerprint density at radius 1 is 1.43 bits per heavy atom. The second kappa shape index (κ2) is 7.74. The van der Waals surface area contributed by atoms with Crippen LogP contribution in [0.25, 0.3) is 0 Å². The number of hydrogen-bond acceptors (Lipinski definition) is 4. The molecule has 0 aliphatic heterocycles. The molecule has 21 heavy (non-hydrogen) atoms. The molecule has 1 amide bonds. The van der Waals surface area contributed by atoms with Gasteiger partial charge in [-0.2, -0.15) is 4.31 Å². The number of hydrogen-bond donors (Lipinski definition) is 2. The summed E-state index contributed by atoms with van der Waals surface area (Å²) in [7, 11) is -2.41. The van der Waals surface area contributed by atoms with Crippen LogP contribution in [0.1, 0.15) is 18.9 Å². The maximum absolute atomic E-state index is 12.3. The summed E-state index contributed by atoms with van der Waals surface area (Å²) in [4.78, 5) is 11.6. The maximum Gasteiger partial charge on any atom is 0.243 e. The highest BCUT2D eigenvalue weighted by molar-refractivity contribution is 7.89. The summed E-state index contributed by atoms with van der Waals surface area (Å²) in [5.41, 5.74) is 6.15. The second-order valence-corrected chi connectivity index (χ2v) is 7.02. The van der Waals surface area contributed by atoms with E-state index >= 15 is 0 Å². The van der Waals surface area contributed by atoms with Gasteiger partial charge in [-0.1, -0.05) is 24.6 Å². The number of likely N-dealkylation sites (N-methyl/N-ethyl adjacent to an activating group) is 1. The van der Waals surface area contributed by atoms with Gasteiger partial charge in [-0.15, -0.1) is 0 Å². The Morgan fingerprint density at radius 2 is 2.10 bits per heavy atom. The fourth-order valence-corrected chi connectivity index (χ4v) is 3.12. The Bertz CT molecular complexity index is 605. The van der Waals surface area contributed by atoms with E-state index in [-0.39, 0.29) is 23.9 Å². The summed E-state index contributed by atoms with van der Waals surface area (Å²) < 4.78 is 25.7. The molecule has 1 aromatic carbocycles. The first-order chi connectivity index (χ1) is 9.82. The summed E-state index contributed by atoms with van der Waals surface area (Å²) in [5, 5.41) is 2.92. The third-order valence-electron chi connectivity index (χ3n) is 2.89. The molecule has 0 bridgehead atoms. The summed E-state index contributed by atoms with van der Waals surface area (Å²) >= 11 is 5.97. The van der Waals surface area contributed by atoms with Crippen molar-refractivity contribution in [2.24, 2.45) is 5.73 Å². The van der Waals surface area contributed by atoms with Crippen molar-refractivity contribution in [3.8, 4) is 0 Å². The van der Waals surface area contributed by atoms with E-state index in [9.17, 15) is 13.2 Å². The number of nitrogens with one attached hydrogen (secondary N) is 1. The SMILES string of the molecule is CCCNC(=O)CN(C)S(=O)(=O)c1ccc(CN)c(Cl)c1. The average Bonchev–Trinajstić information content (AvgIpc) is 2.44. The van der Waals surface area contributed by atoms with Gasteiger partial charge in [0.15, 0.2) is 0 Å². The van der Waals surface area contributed by atoms with Gasteiger partial charge in [-0.05, 0) is 24.1 Å². The number of nitrogens with zero attached hydrogens (tertiary/aromatic N) is 1. The summed E-state index contributed by atoms with van der Waals surface area (Å²) in [5.74, 6) is -0.340. The van der Waals surface area contributed by atoms with Crippen molar-refractivity contribution in [1.82, 2.24) is 9.62 Å². The third-order valence-corrected chi connectivity index (χ3v) is 5.04. The molecule has 118 valence electrons. The molecule has 0 unspecified atom stereocenters. The monoisotopic (exact) mass is 333 g/mol. The van der Waals surface area contributed by atoms with Crippen LogP contribution in [0.4, 0.5) is 0 Å². The van der Waals surface area contributed by atoms with Crippen molar-refractivity contribution in [1.29, 1.82) is 0 Å². The van der Waals surface area contributed by atoms with Gasteiger partial charge in [-0.3, -0.25) is 4.79 Å². The van der Waals surface area contributed by atoms with E-state index in [4.69, 9.17) is 17.3 Å². The van der Waals surface area contributed by atoms with Gasteiger partial charge in [0, 0.05) is 25.2 Å². The van der Waals surface area contributed by atoms with Gasteiger partial charge in [0.05, 0.1) is 11.4 Å². The summed E-state index contributed by atoms with van der Waals surface area (Å²) in [6, 6.07) is 4.35. The van der Waals surface area contributed by atoms with Crippen LogP contribution in [0.3, 0.4) is 0 Å². The largest absolute Gasteiger partial charge is 0.355 e. The van der Waals surface area contributed by atoms with Crippen molar-refractivity contribution in [3.05, 3.63) is 28.8 Å². The molecule has 0 fully saturated rings. The van der Waals surface area contributed by atoms with Crippen LogP contribution in [0, 0.1) is 0 Å². The van der Waals surface area contributed by atoms with E-state index in [1.54, 1.807) is 6.07 Å². The Morgan fingerprint density at radius 3 is 2.62 bits per heavy atom. The molecule has 0 aliphatic rings. The molecule has 0 aromatic heterocycles. The summed E-state index contributed by atoms with van der Waals surface area (Å²) in [6.07, 6.45) is 0.790. The van der Waals surface area contributed by atoms with Crippen LogP contribution in [-0.4, -0.2) is 38.8 Å². The Labute approximate surface area is 130 Å². The third kappa shape index (κ3) is 4.67. The molecule has 0 aliphatic carbocycles.